The highest BCUT2D eigenvalue weighted by molar-refractivity contribution is 6.31. The zero-order valence-electron chi connectivity index (χ0n) is 15.9. The van der Waals surface area contributed by atoms with Crippen molar-refractivity contribution in [1.29, 1.82) is 0 Å². The summed E-state index contributed by atoms with van der Waals surface area (Å²) in [6, 6.07) is 6.55. The molecule has 1 atom stereocenters. The van der Waals surface area contributed by atoms with Gasteiger partial charge < -0.3 is 15.4 Å². The predicted molar refractivity (Wildman–Crippen MR) is 102 cm³/mol. The van der Waals surface area contributed by atoms with E-state index in [2.05, 4.69) is 20.4 Å². The first-order chi connectivity index (χ1) is 13.4. The molecule has 0 bridgehead atoms. The maximum Gasteiger partial charge on any atom is 0.422 e. The summed E-state index contributed by atoms with van der Waals surface area (Å²) in [6.45, 7) is 3.27. The molecule has 1 heterocycles. The van der Waals surface area contributed by atoms with Crippen LogP contribution in [0.5, 0.6) is 5.75 Å². The Balaban J connectivity index is 2.11. The number of halogens is 4. The normalized spacial score (nSPS) is 12.2. The minimum atomic E-state index is -4.45. The van der Waals surface area contributed by atoms with Gasteiger partial charge in [0.25, 0.3) is 5.91 Å². The van der Waals surface area contributed by atoms with E-state index in [-0.39, 0.29) is 28.1 Å². The predicted octanol–water partition coefficient (Wildman–Crippen LogP) is 4.43. The van der Waals surface area contributed by atoms with E-state index in [1.165, 1.54) is 31.2 Å². The van der Waals surface area contributed by atoms with Gasteiger partial charge in [0.05, 0.1) is 6.04 Å². The summed E-state index contributed by atoms with van der Waals surface area (Å²) in [7, 11) is 0. The van der Waals surface area contributed by atoms with Gasteiger partial charge in [0.2, 0.25) is 5.91 Å². The van der Waals surface area contributed by atoms with Crippen molar-refractivity contribution in [3.8, 4) is 5.75 Å². The number of benzene rings is 1. The second kappa shape index (κ2) is 9.13. The second-order valence-corrected chi connectivity index (χ2v) is 6.75. The molecule has 0 aliphatic rings. The average molecular weight is 430 g/mol. The summed E-state index contributed by atoms with van der Waals surface area (Å²) >= 11 is 6.14. The molecule has 2 amide bonds. The molecule has 29 heavy (non-hydrogen) atoms. The van der Waals surface area contributed by atoms with Crippen molar-refractivity contribution in [2.75, 3.05) is 11.9 Å². The maximum atomic E-state index is 12.6. The standard InChI is InChI=1S/C19H19ClF3N3O3/c1-10-6-13(7-17(24-10)26-12(3)27)18(28)25-11(2)15-5-4-14(8-16(15)20)29-9-19(21,22)23/h4-8,11H,9H2,1-3H3,(H,25,28)(H,24,26,27). The Labute approximate surface area is 170 Å². The lowest BCUT2D eigenvalue weighted by Gasteiger charge is -2.17. The Morgan fingerprint density at radius 3 is 2.52 bits per heavy atom. The van der Waals surface area contributed by atoms with Gasteiger partial charge in [-0.05, 0) is 43.7 Å². The van der Waals surface area contributed by atoms with Gasteiger partial charge in [-0.2, -0.15) is 13.2 Å². The van der Waals surface area contributed by atoms with Crippen molar-refractivity contribution in [3.05, 3.63) is 52.2 Å². The zero-order chi connectivity index (χ0) is 21.8. The Morgan fingerprint density at radius 1 is 1.24 bits per heavy atom. The molecule has 0 radical (unpaired) electrons. The summed E-state index contributed by atoms with van der Waals surface area (Å²) < 4.78 is 41.4. The number of pyridine rings is 1. The molecule has 0 spiro atoms. The molecule has 1 aromatic heterocycles. The van der Waals surface area contributed by atoms with Crippen LogP contribution in [0.15, 0.2) is 30.3 Å². The van der Waals surface area contributed by atoms with E-state index >= 15 is 0 Å². The average Bonchev–Trinajstić information content (AvgIpc) is 2.58. The van der Waals surface area contributed by atoms with Gasteiger partial charge in [0, 0.05) is 23.2 Å². The summed E-state index contributed by atoms with van der Waals surface area (Å²) in [5.41, 5.74) is 1.33. The van der Waals surface area contributed by atoms with Gasteiger partial charge in [-0.25, -0.2) is 4.98 Å². The number of hydrogen-bond donors (Lipinski definition) is 2. The summed E-state index contributed by atoms with van der Waals surface area (Å²) in [5.74, 6) is -0.524. The molecule has 0 saturated carbocycles. The van der Waals surface area contributed by atoms with Crippen LogP contribution < -0.4 is 15.4 Å². The highest BCUT2D eigenvalue weighted by Crippen LogP contribution is 2.28. The van der Waals surface area contributed by atoms with Gasteiger partial charge in [0.15, 0.2) is 6.61 Å². The Bertz CT molecular complexity index is 919. The van der Waals surface area contributed by atoms with Crippen molar-refractivity contribution < 1.29 is 27.5 Å². The fraction of sp³-hybridized carbons (Fsp3) is 0.316. The van der Waals surface area contributed by atoms with E-state index in [1.807, 2.05) is 0 Å². The minimum absolute atomic E-state index is 0.0284. The van der Waals surface area contributed by atoms with Crippen molar-refractivity contribution in [2.24, 2.45) is 0 Å². The molecular weight excluding hydrogens is 411 g/mol. The summed E-state index contributed by atoms with van der Waals surface area (Å²) in [6.07, 6.45) is -4.45. The molecule has 0 fully saturated rings. The second-order valence-electron chi connectivity index (χ2n) is 6.35. The number of ether oxygens (including phenoxy) is 1. The van der Waals surface area contributed by atoms with E-state index in [1.54, 1.807) is 19.9 Å². The number of aromatic nitrogens is 1. The number of rotatable bonds is 6. The van der Waals surface area contributed by atoms with Crippen LogP contribution in [0, 0.1) is 6.92 Å². The molecule has 2 rings (SSSR count). The molecule has 1 unspecified atom stereocenters. The number of amides is 2. The van der Waals surface area contributed by atoms with Gasteiger partial charge in [-0.3, -0.25) is 9.59 Å². The Morgan fingerprint density at radius 2 is 1.93 bits per heavy atom. The first-order valence-electron chi connectivity index (χ1n) is 8.51. The third-order valence-corrected chi connectivity index (χ3v) is 4.04. The number of hydrogen-bond acceptors (Lipinski definition) is 4. The third kappa shape index (κ3) is 6.94. The number of carbonyl (C=O) groups excluding carboxylic acids is 2. The molecule has 2 N–H and O–H groups in total. The number of aryl methyl sites for hydroxylation is 1. The Hall–Kier alpha value is -2.81. The van der Waals surface area contributed by atoms with Gasteiger partial charge in [-0.1, -0.05) is 17.7 Å². The first-order valence-corrected chi connectivity index (χ1v) is 8.88. The number of carbonyl (C=O) groups is 2. The van der Waals surface area contributed by atoms with E-state index in [0.29, 0.717) is 11.3 Å². The lowest BCUT2D eigenvalue weighted by molar-refractivity contribution is -0.153. The van der Waals surface area contributed by atoms with Crippen LogP contribution in [0.2, 0.25) is 5.02 Å². The van der Waals surface area contributed by atoms with E-state index in [0.717, 1.165) is 0 Å². The topological polar surface area (TPSA) is 80.3 Å². The number of alkyl halides is 3. The number of nitrogens with zero attached hydrogens (tertiary/aromatic N) is 1. The third-order valence-electron chi connectivity index (χ3n) is 3.71. The van der Waals surface area contributed by atoms with Crippen LogP contribution in [0.4, 0.5) is 19.0 Å². The molecular formula is C19H19ClF3N3O3. The lowest BCUT2D eigenvalue weighted by atomic mass is 10.1. The highest BCUT2D eigenvalue weighted by atomic mass is 35.5. The molecule has 10 heteroatoms. The SMILES string of the molecule is CC(=O)Nc1cc(C(=O)NC(C)c2ccc(OCC(F)(F)F)cc2Cl)cc(C)n1. The molecule has 0 saturated heterocycles. The number of anilines is 1. The van der Waals surface area contributed by atoms with Crippen LogP contribution in [0.3, 0.4) is 0 Å². The van der Waals surface area contributed by atoms with Crippen LogP contribution in [0.1, 0.15) is 41.5 Å². The molecule has 0 aliphatic heterocycles. The van der Waals surface area contributed by atoms with Crippen molar-refractivity contribution in [2.45, 2.75) is 33.0 Å². The van der Waals surface area contributed by atoms with E-state index < -0.39 is 24.7 Å². The fourth-order valence-electron chi connectivity index (χ4n) is 2.52. The summed E-state index contributed by atoms with van der Waals surface area (Å²) in [5, 5.41) is 5.43. The largest absolute Gasteiger partial charge is 0.484 e. The van der Waals surface area contributed by atoms with Gasteiger partial charge >= 0.3 is 6.18 Å². The van der Waals surface area contributed by atoms with Crippen molar-refractivity contribution in [1.82, 2.24) is 10.3 Å². The molecule has 2 aromatic rings. The van der Waals surface area contributed by atoms with E-state index in [4.69, 9.17) is 11.6 Å². The van der Waals surface area contributed by atoms with Crippen LogP contribution in [-0.4, -0.2) is 29.6 Å². The van der Waals surface area contributed by atoms with Crippen LogP contribution >= 0.6 is 11.6 Å². The smallest absolute Gasteiger partial charge is 0.422 e. The minimum Gasteiger partial charge on any atom is -0.484 e. The molecule has 6 nitrogen and oxygen atoms in total. The molecule has 0 aliphatic carbocycles. The molecule has 1 aromatic carbocycles. The summed E-state index contributed by atoms with van der Waals surface area (Å²) in [4.78, 5) is 27.9. The quantitative estimate of drug-likeness (QED) is 0.711. The number of nitrogens with one attached hydrogen (secondary N) is 2. The fourth-order valence-corrected chi connectivity index (χ4v) is 2.85. The maximum absolute atomic E-state index is 12.6. The van der Waals surface area contributed by atoms with E-state index in [9.17, 15) is 22.8 Å². The lowest BCUT2D eigenvalue weighted by Crippen LogP contribution is -2.27. The van der Waals surface area contributed by atoms with Gasteiger partial charge in [-0.15, -0.1) is 0 Å². The van der Waals surface area contributed by atoms with Gasteiger partial charge in [0.1, 0.15) is 11.6 Å². The monoisotopic (exact) mass is 429 g/mol. The Kier molecular flexibility index (Phi) is 7.07. The zero-order valence-corrected chi connectivity index (χ0v) is 16.6. The first kappa shape index (κ1) is 22.5. The van der Waals surface area contributed by atoms with Crippen molar-refractivity contribution >= 4 is 29.2 Å². The highest BCUT2D eigenvalue weighted by Gasteiger charge is 2.28. The van der Waals surface area contributed by atoms with Crippen molar-refractivity contribution in [3.63, 3.8) is 0 Å². The molecule has 156 valence electrons. The van der Waals surface area contributed by atoms with Crippen LogP contribution in [0.25, 0.3) is 0 Å². The van der Waals surface area contributed by atoms with Crippen LogP contribution in [-0.2, 0) is 4.79 Å².